The van der Waals surface area contributed by atoms with Gasteiger partial charge in [-0.1, -0.05) is 0 Å². The highest BCUT2D eigenvalue weighted by molar-refractivity contribution is 7.89. The number of hydrogen-bond donors (Lipinski definition) is 0. The lowest BCUT2D eigenvalue weighted by atomic mass is 10.1. The predicted octanol–water partition coefficient (Wildman–Crippen LogP) is 1.68. The molecule has 19 heavy (non-hydrogen) atoms. The minimum Gasteiger partial charge on any atom is -0.241 e. The third-order valence-corrected chi connectivity index (χ3v) is 4.99. The molecule has 1 fully saturated rings. The SMILES string of the molecule is CC(C)(C#N)N(C1CC1)S(=O)(=O)c1ncccc1F. The van der Waals surface area contributed by atoms with Gasteiger partial charge in [0.2, 0.25) is 5.03 Å². The molecule has 0 bridgehead atoms. The number of halogens is 1. The zero-order valence-corrected chi connectivity index (χ0v) is 11.5. The monoisotopic (exact) mass is 283 g/mol. The predicted molar refractivity (Wildman–Crippen MR) is 65.9 cm³/mol. The van der Waals surface area contributed by atoms with Gasteiger partial charge in [0, 0.05) is 12.2 Å². The van der Waals surface area contributed by atoms with Gasteiger partial charge in [-0.3, -0.25) is 0 Å². The summed E-state index contributed by atoms with van der Waals surface area (Å²) in [5.74, 6) is -0.901. The van der Waals surface area contributed by atoms with E-state index in [2.05, 4.69) is 4.98 Å². The van der Waals surface area contributed by atoms with Crippen LogP contribution in [0.3, 0.4) is 0 Å². The molecule has 1 aliphatic rings. The summed E-state index contributed by atoms with van der Waals surface area (Å²) >= 11 is 0. The minimum absolute atomic E-state index is 0.249. The maximum Gasteiger partial charge on any atom is 0.265 e. The number of pyridine rings is 1. The molecule has 1 aliphatic carbocycles. The summed E-state index contributed by atoms with van der Waals surface area (Å²) < 4.78 is 39.8. The van der Waals surface area contributed by atoms with Crippen LogP contribution in [0.15, 0.2) is 23.4 Å². The van der Waals surface area contributed by atoms with Gasteiger partial charge in [0.1, 0.15) is 5.54 Å². The lowest BCUT2D eigenvalue weighted by molar-refractivity contribution is 0.278. The zero-order valence-electron chi connectivity index (χ0n) is 10.7. The molecule has 1 heterocycles. The Morgan fingerprint density at radius 1 is 1.53 bits per heavy atom. The topological polar surface area (TPSA) is 74.1 Å². The van der Waals surface area contributed by atoms with E-state index in [9.17, 15) is 12.8 Å². The molecule has 1 aromatic rings. The first-order valence-electron chi connectivity index (χ1n) is 5.87. The van der Waals surface area contributed by atoms with Gasteiger partial charge in [-0.15, -0.1) is 0 Å². The largest absolute Gasteiger partial charge is 0.265 e. The summed E-state index contributed by atoms with van der Waals surface area (Å²) in [5, 5.41) is 8.53. The standard InChI is InChI=1S/C12H14FN3O2S/c1-12(2,8-14)16(9-5-6-9)19(17,18)11-10(13)4-3-7-15-11/h3-4,7,9H,5-6H2,1-2H3. The molecule has 102 valence electrons. The normalized spacial score (nSPS) is 16.4. The maximum atomic E-state index is 13.7. The van der Waals surface area contributed by atoms with E-state index in [0.717, 1.165) is 10.4 Å². The number of nitrogens with zero attached hydrogens (tertiary/aromatic N) is 3. The van der Waals surface area contributed by atoms with Crippen LogP contribution in [0.25, 0.3) is 0 Å². The van der Waals surface area contributed by atoms with E-state index in [1.807, 2.05) is 6.07 Å². The molecular weight excluding hydrogens is 269 g/mol. The molecular formula is C12H14FN3O2S. The van der Waals surface area contributed by atoms with Crippen LogP contribution < -0.4 is 0 Å². The number of hydrogen-bond acceptors (Lipinski definition) is 4. The smallest absolute Gasteiger partial charge is 0.241 e. The summed E-state index contributed by atoms with van der Waals surface area (Å²) in [7, 11) is -4.11. The van der Waals surface area contributed by atoms with Crippen LogP contribution in [0.4, 0.5) is 4.39 Å². The Hall–Kier alpha value is -1.52. The van der Waals surface area contributed by atoms with Crippen LogP contribution >= 0.6 is 0 Å². The second-order valence-corrected chi connectivity index (χ2v) is 6.72. The summed E-state index contributed by atoms with van der Waals surface area (Å²) in [5.41, 5.74) is -1.23. The molecule has 1 aromatic heterocycles. The van der Waals surface area contributed by atoms with Crippen molar-refractivity contribution in [2.24, 2.45) is 0 Å². The Morgan fingerprint density at radius 2 is 2.16 bits per heavy atom. The molecule has 0 saturated heterocycles. The lowest BCUT2D eigenvalue weighted by Gasteiger charge is -2.31. The second-order valence-electron chi connectivity index (χ2n) is 4.99. The van der Waals surface area contributed by atoms with Crippen molar-refractivity contribution in [3.05, 3.63) is 24.1 Å². The lowest BCUT2D eigenvalue weighted by Crippen LogP contribution is -2.48. The molecule has 0 atom stereocenters. The van der Waals surface area contributed by atoms with Crippen LogP contribution in [-0.2, 0) is 10.0 Å². The van der Waals surface area contributed by atoms with E-state index in [-0.39, 0.29) is 6.04 Å². The Balaban J connectivity index is 2.54. The third-order valence-electron chi connectivity index (χ3n) is 2.93. The second kappa shape index (κ2) is 4.54. The van der Waals surface area contributed by atoms with Gasteiger partial charge >= 0.3 is 0 Å². The highest BCUT2D eigenvalue weighted by Gasteiger charge is 2.48. The van der Waals surface area contributed by atoms with Crippen molar-refractivity contribution >= 4 is 10.0 Å². The van der Waals surface area contributed by atoms with Crippen molar-refractivity contribution in [1.82, 2.24) is 9.29 Å². The highest BCUT2D eigenvalue weighted by Crippen LogP contribution is 2.37. The van der Waals surface area contributed by atoms with Gasteiger partial charge in [-0.05, 0) is 38.8 Å². The van der Waals surface area contributed by atoms with Crippen LogP contribution in [0.1, 0.15) is 26.7 Å². The first-order valence-corrected chi connectivity index (χ1v) is 7.31. The minimum atomic E-state index is -4.11. The van der Waals surface area contributed by atoms with Crippen molar-refractivity contribution in [2.45, 2.75) is 43.3 Å². The van der Waals surface area contributed by atoms with Crippen LogP contribution in [-0.4, -0.2) is 29.3 Å². The Bertz CT molecular complexity index is 633. The fourth-order valence-electron chi connectivity index (χ4n) is 1.97. The van der Waals surface area contributed by atoms with Gasteiger partial charge in [0.25, 0.3) is 10.0 Å². The molecule has 0 radical (unpaired) electrons. The maximum absolute atomic E-state index is 13.7. The zero-order chi connectivity index (χ0) is 14.3. The third kappa shape index (κ3) is 2.46. The van der Waals surface area contributed by atoms with Gasteiger partial charge < -0.3 is 0 Å². The van der Waals surface area contributed by atoms with Crippen molar-refractivity contribution in [2.75, 3.05) is 0 Å². The van der Waals surface area contributed by atoms with Crippen LogP contribution in [0.2, 0.25) is 0 Å². The number of sulfonamides is 1. The van der Waals surface area contributed by atoms with Gasteiger partial charge in [-0.2, -0.15) is 9.57 Å². The van der Waals surface area contributed by atoms with Crippen LogP contribution in [0, 0.1) is 17.1 Å². The van der Waals surface area contributed by atoms with E-state index in [0.29, 0.717) is 12.8 Å². The molecule has 0 N–H and O–H groups in total. The number of rotatable bonds is 4. The Labute approximate surface area is 111 Å². The summed E-state index contributed by atoms with van der Waals surface area (Å²) in [4.78, 5) is 3.61. The average Bonchev–Trinajstić information content (AvgIpc) is 3.13. The van der Waals surface area contributed by atoms with Gasteiger partial charge in [0.05, 0.1) is 6.07 Å². The number of nitriles is 1. The highest BCUT2D eigenvalue weighted by atomic mass is 32.2. The van der Waals surface area contributed by atoms with Crippen LogP contribution in [0.5, 0.6) is 0 Å². The fourth-order valence-corrected chi connectivity index (χ4v) is 3.91. The first-order chi connectivity index (χ1) is 8.80. The number of aromatic nitrogens is 1. The summed E-state index contributed by atoms with van der Waals surface area (Å²) in [6.45, 7) is 3.01. The molecule has 0 aromatic carbocycles. The Kier molecular flexibility index (Phi) is 3.32. The quantitative estimate of drug-likeness (QED) is 0.842. The van der Waals surface area contributed by atoms with Crippen molar-refractivity contribution < 1.29 is 12.8 Å². The molecule has 5 nitrogen and oxygen atoms in total. The van der Waals surface area contributed by atoms with E-state index in [4.69, 9.17) is 5.26 Å². The van der Waals surface area contributed by atoms with Crippen molar-refractivity contribution in [1.29, 1.82) is 5.26 Å². The molecule has 2 rings (SSSR count). The van der Waals surface area contributed by atoms with Crippen molar-refractivity contribution in [3.63, 3.8) is 0 Å². The fraction of sp³-hybridized carbons (Fsp3) is 0.500. The van der Waals surface area contributed by atoms with Gasteiger partial charge in [0.15, 0.2) is 5.82 Å². The molecule has 0 amide bonds. The molecule has 0 aliphatic heterocycles. The summed E-state index contributed by atoms with van der Waals surface area (Å²) in [6.07, 6.45) is 2.58. The average molecular weight is 283 g/mol. The van der Waals surface area contributed by atoms with E-state index < -0.39 is 26.4 Å². The Morgan fingerprint density at radius 3 is 2.63 bits per heavy atom. The first kappa shape index (κ1) is 13.9. The molecule has 0 unspecified atom stereocenters. The molecule has 1 saturated carbocycles. The van der Waals surface area contributed by atoms with E-state index >= 15 is 0 Å². The van der Waals surface area contributed by atoms with E-state index in [1.165, 1.54) is 26.1 Å². The molecule has 7 heteroatoms. The van der Waals surface area contributed by atoms with Crippen molar-refractivity contribution in [3.8, 4) is 6.07 Å². The van der Waals surface area contributed by atoms with E-state index in [1.54, 1.807) is 0 Å². The van der Waals surface area contributed by atoms with Gasteiger partial charge in [-0.25, -0.2) is 17.8 Å². The molecule has 0 spiro atoms. The summed E-state index contributed by atoms with van der Waals surface area (Å²) in [6, 6.07) is 4.08.